The van der Waals surface area contributed by atoms with Crippen molar-refractivity contribution in [2.45, 2.75) is 6.18 Å². The number of nitro benzene ring substituents is 2. The number of rotatable bonds is 6. The molecule has 0 saturated carbocycles. The van der Waals surface area contributed by atoms with Crippen LogP contribution in [-0.2, 0) is 15.7 Å². The van der Waals surface area contributed by atoms with Crippen LogP contribution in [0.1, 0.15) is 16.7 Å². The minimum Gasteiger partial charge on any atom is -0.449 e. The van der Waals surface area contributed by atoms with Gasteiger partial charge in [0.2, 0.25) is 11.6 Å². The van der Waals surface area contributed by atoms with Gasteiger partial charge in [0, 0.05) is 23.3 Å². The summed E-state index contributed by atoms with van der Waals surface area (Å²) in [6.07, 6.45) is -3.57. The summed E-state index contributed by atoms with van der Waals surface area (Å²) in [6, 6.07) is 11.4. The third kappa shape index (κ3) is 5.41. The lowest BCUT2D eigenvalue weighted by Gasteiger charge is -2.11. The second-order valence-electron chi connectivity index (χ2n) is 7.34. The largest absolute Gasteiger partial charge is 0.449 e. The Hall–Kier alpha value is -4.78. The van der Waals surface area contributed by atoms with Crippen molar-refractivity contribution >= 4 is 40.9 Å². The molecular weight excluding hydrogens is 523 g/mol. The van der Waals surface area contributed by atoms with E-state index in [0.717, 1.165) is 12.1 Å². The molecule has 0 bridgehead atoms. The summed E-state index contributed by atoms with van der Waals surface area (Å²) in [5, 5.41) is 22.4. The Kier molecular flexibility index (Phi) is 6.64. The average molecular weight is 534 g/mol. The molecule has 4 rings (SSSR count). The lowest BCUT2D eigenvalue weighted by Crippen LogP contribution is -2.06. The van der Waals surface area contributed by atoms with Gasteiger partial charge in [0.15, 0.2) is 5.70 Å². The van der Waals surface area contributed by atoms with Crippen LogP contribution >= 0.6 is 11.6 Å². The first-order valence-electron chi connectivity index (χ1n) is 10.0. The van der Waals surface area contributed by atoms with Crippen LogP contribution in [0.25, 0.3) is 6.08 Å². The first-order valence-corrected chi connectivity index (χ1v) is 10.4. The third-order valence-electron chi connectivity index (χ3n) is 4.92. The number of para-hydroxylation sites is 1. The molecule has 0 saturated heterocycles. The Labute approximate surface area is 209 Å². The molecule has 10 nitrogen and oxygen atoms in total. The molecule has 3 aromatic carbocycles. The number of cyclic esters (lactones) is 1. The van der Waals surface area contributed by atoms with Gasteiger partial charge in [-0.3, -0.25) is 20.2 Å². The van der Waals surface area contributed by atoms with Gasteiger partial charge >= 0.3 is 17.8 Å². The van der Waals surface area contributed by atoms with E-state index in [-0.39, 0.29) is 33.5 Å². The van der Waals surface area contributed by atoms with Gasteiger partial charge in [-0.15, -0.1) is 0 Å². The fourth-order valence-electron chi connectivity index (χ4n) is 3.20. The monoisotopic (exact) mass is 533 g/mol. The van der Waals surface area contributed by atoms with Gasteiger partial charge in [-0.25, -0.2) is 9.79 Å². The summed E-state index contributed by atoms with van der Waals surface area (Å²) in [5.41, 5.74) is -2.49. The number of hydrogen-bond acceptors (Lipinski definition) is 8. The molecule has 0 aromatic heterocycles. The van der Waals surface area contributed by atoms with Gasteiger partial charge in [-0.1, -0.05) is 29.8 Å². The van der Waals surface area contributed by atoms with Crippen molar-refractivity contribution in [1.82, 2.24) is 0 Å². The number of aliphatic imine (C=N–C) groups is 1. The number of halogens is 4. The number of benzene rings is 3. The molecule has 1 heterocycles. The molecule has 0 fully saturated rings. The van der Waals surface area contributed by atoms with Crippen LogP contribution in [0, 0.1) is 20.2 Å². The predicted molar refractivity (Wildman–Crippen MR) is 123 cm³/mol. The van der Waals surface area contributed by atoms with Crippen LogP contribution in [0.15, 0.2) is 71.4 Å². The standard InChI is InChI=1S/C23H11ClF3N3O7/c24-15-7-5-13(10-17(15)29(32)33)21-28-16(22(31)37-21)9-12-3-1-2-4-19(12)36-20-8-6-14(23(25,26)27)11-18(20)30(34)35/h1-11H/b16-9-. The van der Waals surface area contributed by atoms with E-state index in [2.05, 4.69) is 4.99 Å². The molecule has 3 aromatic rings. The Morgan fingerprint density at radius 3 is 2.32 bits per heavy atom. The summed E-state index contributed by atoms with van der Waals surface area (Å²) >= 11 is 5.80. The summed E-state index contributed by atoms with van der Waals surface area (Å²) < 4.78 is 49.6. The van der Waals surface area contributed by atoms with E-state index in [1.54, 1.807) is 6.07 Å². The SMILES string of the molecule is O=C1OC(c2ccc(Cl)c([N+](=O)[O-])c2)=N/C1=C\c1ccccc1Oc1ccc(C(F)(F)F)cc1[N+](=O)[O-]. The number of carbonyl (C=O) groups excluding carboxylic acids is 1. The molecule has 0 unspecified atom stereocenters. The molecule has 0 amide bonds. The number of nitrogens with zero attached hydrogens (tertiary/aromatic N) is 3. The van der Waals surface area contributed by atoms with E-state index in [0.29, 0.717) is 12.1 Å². The minimum atomic E-state index is -4.80. The van der Waals surface area contributed by atoms with E-state index >= 15 is 0 Å². The third-order valence-corrected chi connectivity index (χ3v) is 5.24. The van der Waals surface area contributed by atoms with Crippen molar-refractivity contribution in [3.63, 3.8) is 0 Å². The fourth-order valence-corrected chi connectivity index (χ4v) is 3.39. The summed E-state index contributed by atoms with van der Waals surface area (Å²) in [6.45, 7) is 0. The van der Waals surface area contributed by atoms with Crippen LogP contribution < -0.4 is 4.74 Å². The van der Waals surface area contributed by atoms with E-state index < -0.39 is 44.7 Å². The van der Waals surface area contributed by atoms with Crippen molar-refractivity contribution in [3.8, 4) is 11.5 Å². The predicted octanol–water partition coefficient (Wildman–Crippen LogP) is 6.31. The van der Waals surface area contributed by atoms with Crippen LogP contribution in [0.2, 0.25) is 5.02 Å². The van der Waals surface area contributed by atoms with Gasteiger partial charge in [-0.05, 0) is 36.4 Å². The number of hydrogen-bond donors (Lipinski definition) is 0. The van der Waals surface area contributed by atoms with Gasteiger partial charge < -0.3 is 9.47 Å². The van der Waals surface area contributed by atoms with E-state index in [4.69, 9.17) is 21.1 Å². The molecule has 0 spiro atoms. The van der Waals surface area contributed by atoms with Crippen LogP contribution in [0.3, 0.4) is 0 Å². The normalized spacial score (nSPS) is 14.3. The topological polar surface area (TPSA) is 134 Å². The molecule has 0 N–H and O–H groups in total. The van der Waals surface area contributed by atoms with Gasteiger partial charge in [0.05, 0.1) is 15.4 Å². The minimum absolute atomic E-state index is 0.0311. The number of esters is 1. The second kappa shape index (κ2) is 9.70. The summed E-state index contributed by atoms with van der Waals surface area (Å²) in [7, 11) is 0. The smallest absolute Gasteiger partial charge is 0.416 e. The molecule has 0 radical (unpaired) electrons. The highest BCUT2D eigenvalue weighted by atomic mass is 35.5. The zero-order valence-electron chi connectivity index (χ0n) is 18.1. The van der Waals surface area contributed by atoms with Crippen LogP contribution in [0.4, 0.5) is 24.5 Å². The Balaban J connectivity index is 1.69. The molecular formula is C23H11ClF3N3O7. The van der Waals surface area contributed by atoms with Crippen LogP contribution in [0.5, 0.6) is 11.5 Å². The Morgan fingerprint density at radius 1 is 0.946 bits per heavy atom. The highest BCUT2D eigenvalue weighted by molar-refractivity contribution is 6.32. The molecule has 1 aliphatic heterocycles. The Morgan fingerprint density at radius 2 is 1.65 bits per heavy atom. The molecule has 188 valence electrons. The maximum Gasteiger partial charge on any atom is 0.416 e. The van der Waals surface area contributed by atoms with E-state index in [1.807, 2.05) is 0 Å². The van der Waals surface area contributed by atoms with E-state index in [9.17, 15) is 38.2 Å². The first kappa shape index (κ1) is 25.3. The van der Waals surface area contributed by atoms with Gasteiger partial charge in [0.1, 0.15) is 10.8 Å². The molecule has 37 heavy (non-hydrogen) atoms. The lowest BCUT2D eigenvalue weighted by atomic mass is 10.1. The quantitative estimate of drug-likeness (QED) is 0.157. The van der Waals surface area contributed by atoms with Gasteiger partial charge in [0.25, 0.3) is 5.69 Å². The van der Waals surface area contributed by atoms with Crippen molar-refractivity contribution < 1.29 is 37.3 Å². The molecule has 0 aliphatic carbocycles. The van der Waals surface area contributed by atoms with Gasteiger partial charge in [-0.2, -0.15) is 13.2 Å². The summed E-state index contributed by atoms with van der Waals surface area (Å²) in [4.78, 5) is 37.2. The zero-order valence-corrected chi connectivity index (χ0v) is 18.8. The fraction of sp³-hybridized carbons (Fsp3) is 0.0435. The number of nitro groups is 2. The number of ether oxygens (including phenoxy) is 2. The molecule has 1 aliphatic rings. The number of carbonyl (C=O) groups is 1. The molecule has 14 heteroatoms. The molecule has 0 atom stereocenters. The second-order valence-corrected chi connectivity index (χ2v) is 7.74. The maximum atomic E-state index is 13.0. The highest BCUT2D eigenvalue weighted by Gasteiger charge is 2.33. The maximum absolute atomic E-state index is 13.0. The highest BCUT2D eigenvalue weighted by Crippen LogP contribution is 2.39. The van der Waals surface area contributed by atoms with Crippen molar-refractivity contribution in [3.05, 3.63) is 108 Å². The summed E-state index contributed by atoms with van der Waals surface area (Å²) in [5.74, 6) is -1.62. The van der Waals surface area contributed by atoms with Crippen molar-refractivity contribution in [2.75, 3.05) is 0 Å². The first-order chi connectivity index (χ1) is 17.4. The zero-order chi connectivity index (χ0) is 26.9. The van der Waals surface area contributed by atoms with Crippen molar-refractivity contribution in [1.29, 1.82) is 0 Å². The van der Waals surface area contributed by atoms with E-state index in [1.165, 1.54) is 36.4 Å². The van der Waals surface area contributed by atoms with Crippen molar-refractivity contribution in [2.24, 2.45) is 4.99 Å². The Bertz CT molecular complexity index is 1520. The lowest BCUT2D eigenvalue weighted by molar-refractivity contribution is -0.385. The average Bonchev–Trinajstić information content (AvgIpc) is 3.19. The van der Waals surface area contributed by atoms with Crippen LogP contribution in [-0.4, -0.2) is 21.7 Å². The number of alkyl halides is 3.